The van der Waals surface area contributed by atoms with Gasteiger partial charge in [-0.05, 0) is 57.9 Å². The van der Waals surface area contributed by atoms with Gasteiger partial charge in [0.15, 0.2) is 0 Å². The van der Waals surface area contributed by atoms with Gasteiger partial charge >= 0.3 is 5.97 Å². The van der Waals surface area contributed by atoms with Gasteiger partial charge in [-0.2, -0.15) is 0 Å². The first kappa shape index (κ1) is 26.7. The highest BCUT2D eigenvalue weighted by atomic mass is 16.6. The molecule has 2 heterocycles. The van der Waals surface area contributed by atoms with Crippen molar-refractivity contribution in [3.63, 3.8) is 0 Å². The topological polar surface area (TPSA) is 77.2 Å². The Balaban J connectivity index is 1.34. The van der Waals surface area contributed by atoms with Crippen molar-refractivity contribution in [2.24, 2.45) is 17.8 Å². The molecule has 1 N–H and O–H groups in total. The summed E-state index contributed by atoms with van der Waals surface area (Å²) in [4.78, 5) is 23.8. The SMILES string of the molecule is CC(/C=C/[C@H]1OCC[C@@]2(CO2)[C@@H]1C)=C\CC1CCC(NC(=O)/C=C\[C@H](C)OC(=O)C(C)C)CC1. The van der Waals surface area contributed by atoms with Crippen LogP contribution in [0.1, 0.15) is 73.1 Å². The Kier molecular flexibility index (Phi) is 9.55. The second kappa shape index (κ2) is 12.2. The molecule has 34 heavy (non-hydrogen) atoms. The minimum absolute atomic E-state index is 0.0769. The molecule has 0 unspecified atom stereocenters. The molecule has 1 amide bonds. The van der Waals surface area contributed by atoms with Crippen LogP contribution in [0.5, 0.6) is 0 Å². The van der Waals surface area contributed by atoms with Crippen molar-refractivity contribution in [3.8, 4) is 0 Å². The lowest BCUT2D eigenvalue weighted by Gasteiger charge is -2.32. The van der Waals surface area contributed by atoms with E-state index in [1.165, 1.54) is 11.6 Å². The molecule has 0 aromatic carbocycles. The molecule has 2 saturated heterocycles. The summed E-state index contributed by atoms with van der Waals surface area (Å²) in [7, 11) is 0. The van der Waals surface area contributed by atoms with E-state index in [0.29, 0.717) is 11.8 Å². The second-order valence-electron chi connectivity index (χ2n) is 10.7. The first-order chi connectivity index (χ1) is 16.2. The van der Waals surface area contributed by atoms with Crippen LogP contribution in [0.2, 0.25) is 0 Å². The monoisotopic (exact) mass is 473 g/mol. The van der Waals surface area contributed by atoms with Crippen molar-refractivity contribution in [3.05, 3.63) is 36.0 Å². The summed E-state index contributed by atoms with van der Waals surface area (Å²) in [5, 5.41) is 3.09. The van der Waals surface area contributed by atoms with Gasteiger partial charge in [-0.3, -0.25) is 9.59 Å². The molecule has 0 aromatic heterocycles. The molecule has 0 bridgehead atoms. The summed E-state index contributed by atoms with van der Waals surface area (Å²) < 4.78 is 16.9. The van der Waals surface area contributed by atoms with Crippen LogP contribution < -0.4 is 5.32 Å². The van der Waals surface area contributed by atoms with Gasteiger partial charge in [0.1, 0.15) is 6.10 Å². The van der Waals surface area contributed by atoms with Crippen LogP contribution in [0.15, 0.2) is 36.0 Å². The minimum atomic E-state index is -0.406. The number of nitrogens with one attached hydrogen (secondary N) is 1. The highest BCUT2D eigenvalue weighted by molar-refractivity contribution is 5.87. The normalized spacial score (nSPS) is 32.9. The van der Waals surface area contributed by atoms with E-state index in [-0.39, 0.29) is 35.5 Å². The maximum atomic E-state index is 12.2. The van der Waals surface area contributed by atoms with Crippen molar-refractivity contribution in [1.29, 1.82) is 0 Å². The van der Waals surface area contributed by atoms with Gasteiger partial charge in [-0.1, -0.05) is 44.6 Å². The summed E-state index contributed by atoms with van der Waals surface area (Å²) in [6.45, 7) is 11.4. The fraction of sp³-hybridized carbons (Fsp3) is 0.714. The molecule has 3 aliphatic rings. The van der Waals surface area contributed by atoms with Gasteiger partial charge in [0.2, 0.25) is 5.91 Å². The molecule has 1 saturated carbocycles. The van der Waals surface area contributed by atoms with Crippen molar-refractivity contribution in [2.45, 2.75) is 97.0 Å². The number of epoxide rings is 1. The Bertz CT molecular complexity index is 787. The molecular formula is C28H43NO5. The molecule has 6 nitrogen and oxygen atoms in total. The summed E-state index contributed by atoms with van der Waals surface area (Å²) in [6.07, 6.45) is 15.9. The maximum Gasteiger partial charge on any atom is 0.308 e. The number of amides is 1. The van der Waals surface area contributed by atoms with Crippen LogP contribution in [0.4, 0.5) is 0 Å². The average Bonchev–Trinajstić information content (AvgIpc) is 3.58. The van der Waals surface area contributed by atoms with Gasteiger partial charge in [0.05, 0.1) is 30.8 Å². The Hall–Kier alpha value is -1.92. The number of hydrogen-bond donors (Lipinski definition) is 1. The van der Waals surface area contributed by atoms with E-state index in [9.17, 15) is 9.59 Å². The number of carbonyl (C=O) groups is 2. The molecule has 2 aliphatic heterocycles. The molecule has 3 fully saturated rings. The quantitative estimate of drug-likeness (QED) is 0.223. The Morgan fingerprint density at radius 3 is 2.50 bits per heavy atom. The largest absolute Gasteiger partial charge is 0.458 e. The molecule has 1 aliphatic carbocycles. The lowest BCUT2D eigenvalue weighted by molar-refractivity contribution is -0.149. The summed E-state index contributed by atoms with van der Waals surface area (Å²) in [5.74, 6) is 0.525. The highest BCUT2D eigenvalue weighted by Gasteiger charge is 2.53. The van der Waals surface area contributed by atoms with Crippen LogP contribution in [0.25, 0.3) is 0 Å². The first-order valence-electron chi connectivity index (χ1n) is 13.0. The number of allylic oxidation sites excluding steroid dienone is 3. The zero-order valence-electron chi connectivity index (χ0n) is 21.5. The third-order valence-electron chi connectivity index (χ3n) is 7.48. The summed E-state index contributed by atoms with van der Waals surface area (Å²) >= 11 is 0. The maximum absolute atomic E-state index is 12.2. The van der Waals surface area contributed by atoms with Crippen molar-refractivity contribution >= 4 is 11.9 Å². The van der Waals surface area contributed by atoms with E-state index in [1.54, 1.807) is 26.8 Å². The number of rotatable bonds is 9. The zero-order chi connectivity index (χ0) is 24.7. The van der Waals surface area contributed by atoms with Gasteiger partial charge < -0.3 is 19.5 Å². The molecule has 190 valence electrons. The molecule has 4 atom stereocenters. The lowest BCUT2D eigenvalue weighted by atomic mass is 9.83. The predicted octanol–water partition coefficient (Wildman–Crippen LogP) is 4.89. The van der Waals surface area contributed by atoms with Crippen LogP contribution in [-0.4, -0.2) is 48.9 Å². The van der Waals surface area contributed by atoms with E-state index in [2.05, 4.69) is 37.4 Å². The van der Waals surface area contributed by atoms with E-state index in [1.807, 2.05) is 0 Å². The third kappa shape index (κ3) is 7.81. The number of carbonyl (C=O) groups excluding carboxylic acids is 2. The van der Waals surface area contributed by atoms with Crippen LogP contribution in [0.3, 0.4) is 0 Å². The number of ether oxygens (including phenoxy) is 3. The molecular weight excluding hydrogens is 430 g/mol. The number of hydrogen-bond acceptors (Lipinski definition) is 5. The van der Waals surface area contributed by atoms with Crippen molar-refractivity contribution in [2.75, 3.05) is 13.2 Å². The standard InChI is InChI=1S/C28H43NO5/c1-19(2)27(31)34-21(4)8-15-26(30)29-24-12-10-23(11-13-24)9-6-20(3)7-14-25-22(5)28(18-33-28)16-17-32-25/h6-8,14-15,19,21-25H,9-13,16-18H2,1-5H3,(H,29,30)/b14-7+,15-8-,20-6+/t21-,22+,23?,24?,25+,28+/m0/s1. The molecule has 0 aromatic rings. The van der Waals surface area contributed by atoms with Gasteiger partial charge in [-0.15, -0.1) is 0 Å². The van der Waals surface area contributed by atoms with Crippen molar-refractivity contribution in [1.82, 2.24) is 5.32 Å². The van der Waals surface area contributed by atoms with Gasteiger partial charge in [0, 0.05) is 24.5 Å². The molecule has 1 spiro atoms. The predicted molar refractivity (Wildman–Crippen MR) is 133 cm³/mol. The van der Waals surface area contributed by atoms with E-state index >= 15 is 0 Å². The Morgan fingerprint density at radius 1 is 1.15 bits per heavy atom. The lowest BCUT2D eigenvalue weighted by Crippen LogP contribution is -2.39. The highest BCUT2D eigenvalue weighted by Crippen LogP contribution is 2.44. The zero-order valence-corrected chi connectivity index (χ0v) is 21.5. The smallest absolute Gasteiger partial charge is 0.308 e. The Labute approximate surface area is 205 Å². The van der Waals surface area contributed by atoms with Gasteiger partial charge in [0.25, 0.3) is 0 Å². The van der Waals surface area contributed by atoms with E-state index < -0.39 is 6.10 Å². The second-order valence-corrected chi connectivity index (χ2v) is 10.7. The minimum Gasteiger partial charge on any atom is -0.458 e. The van der Waals surface area contributed by atoms with Crippen molar-refractivity contribution < 1.29 is 23.8 Å². The molecule has 3 rings (SSSR count). The summed E-state index contributed by atoms with van der Waals surface area (Å²) in [6, 6.07) is 0.216. The molecule has 0 radical (unpaired) electrons. The van der Waals surface area contributed by atoms with E-state index in [0.717, 1.165) is 51.7 Å². The van der Waals surface area contributed by atoms with Gasteiger partial charge in [-0.25, -0.2) is 0 Å². The fourth-order valence-corrected chi connectivity index (χ4v) is 4.80. The molecule has 6 heteroatoms. The fourth-order valence-electron chi connectivity index (χ4n) is 4.80. The Morgan fingerprint density at radius 2 is 1.85 bits per heavy atom. The third-order valence-corrected chi connectivity index (χ3v) is 7.48. The summed E-state index contributed by atoms with van der Waals surface area (Å²) in [5.41, 5.74) is 1.35. The van der Waals surface area contributed by atoms with Crippen LogP contribution >= 0.6 is 0 Å². The first-order valence-corrected chi connectivity index (χ1v) is 13.0. The van der Waals surface area contributed by atoms with Crippen LogP contribution in [-0.2, 0) is 23.8 Å². The average molecular weight is 474 g/mol. The van der Waals surface area contributed by atoms with Crippen LogP contribution in [0, 0.1) is 17.8 Å². The number of esters is 1. The van der Waals surface area contributed by atoms with E-state index in [4.69, 9.17) is 14.2 Å².